The molecule has 2 aromatic rings. The molecule has 6 heteroatoms. The topological polar surface area (TPSA) is 69.0 Å². The van der Waals surface area contributed by atoms with E-state index in [2.05, 4.69) is 15.5 Å². The van der Waals surface area contributed by atoms with E-state index < -0.39 is 6.09 Å². The van der Waals surface area contributed by atoms with Gasteiger partial charge in [0, 0.05) is 7.05 Å². The molecule has 1 heterocycles. The van der Waals surface area contributed by atoms with Crippen LogP contribution >= 0.6 is 0 Å². The first kappa shape index (κ1) is 12.1. The van der Waals surface area contributed by atoms with E-state index in [1.807, 2.05) is 37.4 Å². The first-order valence-electron chi connectivity index (χ1n) is 5.53. The second-order valence-corrected chi connectivity index (χ2v) is 3.77. The zero-order valence-electron chi connectivity index (χ0n) is 10.0. The minimum atomic E-state index is -0.471. The Morgan fingerprint density at radius 2 is 2.17 bits per heavy atom. The van der Waals surface area contributed by atoms with Crippen LogP contribution in [0.4, 0.5) is 4.79 Å². The van der Waals surface area contributed by atoms with Crippen molar-refractivity contribution < 1.29 is 9.53 Å². The zero-order chi connectivity index (χ0) is 12.8. The summed E-state index contributed by atoms with van der Waals surface area (Å²) in [7, 11) is 1.81. The van der Waals surface area contributed by atoms with Crippen LogP contribution in [0.3, 0.4) is 0 Å². The van der Waals surface area contributed by atoms with Crippen LogP contribution in [0, 0.1) is 0 Å². The summed E-state index contributed by atoms with van der Waals surface area (Å²) in [5.74, 6) is 0.673. The van der Waals surface area contributed by atoms with Gasteiger partial charge in [0.05, 0.1) is 6.54 Å². The van der Waals surface area contributed by atoms with Crippen LogP contribution in [0.2, 0.25) is 0 Å². The van der Waals surface area contributed by atoms with Gasteiger partial charge in [0.25, 0.3) is 0 Å². The summed E-state index contributed by atoms with van der Waals surface area (Å²) < 4.78 is 6.79. The molecule has 1 aromatic heterocycles. The number of aromatic nitrogens is 3. The van der Waals surface area contributed by atoms with E-state index in [-0.39, 0.29) is 6.61 Å². The van der Waals surface area contributed by atoms with E-state index >= 15 is 0 Å². The van der Waals surface area contributed by atoms with Crippen molar-refractivity contribution in [2.24, 2.45) is 7.05 Å². The van der Waals surface area contributed by atoms with Crippen molar-refractivity contribution in [3.63, 3.8) is 0 Å². The molecule has 2 rings (SSSR count). The number of nitrogens with one attached hydrogen (secondary N) is 1. The van der Waals surface area contributed by atoms with Crippen molar-refractivity contribution in [1.82, 2.24) is 20.1 Å². The minimum Gasteiger partial charge on any atom is -0.445 e. The summed E-state index contributed by atoms with van der Waals surface area (Å²) in [5, 5.41) is 10.2. The summed E-state index contributed by atoms with van der Waals surface area (Å²) in [6.07, 6.45) is 1.11. The maximum atomic E-state index is 11.4. The molecular weight excluding hydrogens is 232 g/mol. The van der Waals surface area contributed by atoms with Gasteiger partial charge in [-0.1, -0.05) is 30.3 Å². The lowest BCUT2D eigenvalue weighted by Gasteiger charge is -2.06. The lowest BCUT2D eigenvalue weighted by molar-refractivity contribution is 0.139. The Labute approximate surface area is 105 Å². The third-order valence-electron chi connectivity index (χ3n) is 2.41. The van der Waals surface area contributed by atoms with Gasteiger partial charge in [0.1, 0.15) is 12.9 Å². The third-order valence-corrected chi connectivity index (χ3v) is 2.41. The highest BCUT2D eigenvalue weighted by Crippen LogP contribution is 2.00. The summed E-state index contributed by atoms with van der Waals surface area (Å²) in [6.45, 7) is 0.551. The van der Waals surface area contributed by atoms with Crippen molar-refractivity contribution in [2.75, 3.05) is 0 Å². The summed E-state index contributed by atoms with van der Waals surface area (Å²) in [4.78, 5) is 11.4. The summed E-state index contributed by atoms with van der Waals surface area (Å²) >= 11 is 0. The van der Waals surface area contributed by atoms with Crippen LogP contribution in [0.15, 0.2) is 36.7 Å². The first-order valence-corrected chi connectivity index (χ1v) is 5.53. The molecule has 0 saturated carbocycles. The number of alkyl carbamates (subject to hydrolysis) is 1. The summed E-state index contributed by atoms with van der Waals surface area (Å²) in [5.41, 5.74) is 0.950. The van der Waals surface area contributed by atoms with Crippen LogP contribution in [-0.2, 0) is 24.9 Å². The fourth-order valence-corrected chi connectivity index (χ4v) is 1.39. The standard InChI is InChI=1S/C12H14N4O2/c1-16-9-14-15-11(16)7-13-12(17)18-8-10-5-3-2-4-6-10/h2-6,9H,7-8H2,1H3,(H,13,17). The predicted molar refractivity (Wildman–Crippen MR) is 64.5 cm³/mol. The molecule has 0 spiro atoms. The number of rotatable bonds is 4. The van der Waals surface area contributed by atoms with Crippen LogP contribution < -0.4 is 5.32 Å². The highest BCUT2D eigenvalue weighted by molar-refractivity contribution is 5.67. The van der Waals surface area contributed by atoms with E-state index in [9.17, 15) is 4.79 Å². The molecule has 18 heavy (non-hydrogen) atoms. The van der Waals surface area contributed by atoms with Gasteiger partial charge in [-0.2, -0.15) is 0 Å². The quantitative estimate of drug-likeness (QED) is 0.881. The van der Waals surface area contributed by atoms with Crippen molar-refractivity contribution in [1.29, 1.82) is 0 Å². The molecule has 0 unspecified atom stereocenters. The maximum Gasteiger partial charge on any atom is 0.407 e. The minimum absolute atomic E-state index is 0.255. The second kappa shape index (κ2) is 5.81. The molecule has 6 nitrogen and oxygen atoms in total. The molecule has 0 aliphatic heterocycles. The number of carbonyl (C=O) groups is 1. The average Bonchev–Trinajstić information content (AvgIpc) is 2.81. The third kappa shape index (κ3) is 3.31. The number of hydrogen-bond donors (Lipinski definition) is 1. The highest BCUT2D eigenvalue weighted by Gasteiger charge is 2.05. The van der Waals surface area contributed by atoms with Gasteiger partial charge >= 0.3 is 6.09 Å². The number of carbonyl (C=O) groups excluding carboxylic acids is 1. The largest absolute Gasteiger partial charge is 0.445 e. The number of hydrogen-bond acceptors (Lipinski definition) is 4. The molecule has 0 fully saturated rings. The smallest absolute Gasteiger partial charge is 0.407 e. The number of ether oxygens (including phenoxy) is 1. The average molecular weight is 246 g/mol. The number of nitrogens with zero attached hydrogens (tertiary/aromatic N) is 3. The van der Waals surface area contributed by atoms with Crippen molar-refractivity contribution in [3.8, 4) is 0 Å². The molecule has 0 aliphatic carbocycles. The Kier molecular flexibility index (Phi) is 3.90. The molecule has 94 valence electrons. The molecule has 0 atom stereocenters. The Hall–Kier alpha value is -2.37. The van der Waals surface area contributed by atoms with Gasteiger partial charge in [-0.25, -0.2) is 4.79 Å². The van der Waals surface area contributed by atoms with Crippen LogP contribution in [0.5, 0.6) is 0 Å². The molecule has 1 amide bonds. The Balaban J connectivity index is 1.75. The molecule has 1 aromatic carbocycles. The molecular formula is C12H14N4O2. The fourth-order valence-electron chi connectivity index (χ4n) is 1.39. The van der Waals surface area contributed by atoms with Crippen molar-refractivity contribution >= 4 is 6.09 Å². The molecule has 0 saturated heterocycles. The van der Waals surface area contributed by atoms with Crippen LogP contribution in [0.25, 0.3) is 0 Å². The van der Waals surface area contributed by atoms with E-state index in [0.717, 1.165) is 5.56 Å². The first-order chi connectivity index (χ1) is 8.75. The van der Waals surface area contributed by atoms with E-state index in [1.165, 1.54) is 0 Å². The van der Waals surface area contributed by atoms with E-state index in [0.29, 0.717) is 12.4 Å². The molecule has 1 N–H and O–H groups in total. The van der Waals surface area contributed by atoms with Gasteiger partial charge in [-0.15, -0.1) is 10.2 Å². The van der Waals surface area contributed by atoms with Gasteiger partial charge in [0.2, 0.25) is 0 Å². The molecule has 0 bridgehead atoms. The van der Waals surface area contributed by atoms with Crippen molar-refractivity contribution in [3.05, 3.63) is 48.0 Å². The van der Waals surface area contributed by atoms with Gasteiger partial charge in [-0.05, 0) is 5.56 Å². The molecule has 0 radical (unpaired) electrons. The van der Waals surface area contributed by atoms with Gasteiger partial charge < -0.3 is 14.6 Å². The Morgan fingerprint density at radius 1 is 1.39 bits per heavy atom. The monoisotopic (exact) mass is 246 g/mol. The highest BCUT2D eigenvalue weighted by atomic mass is 16.5. The van der Waals surface area contributed by atoms with Gasteiger partial charge in [-0.3, -0.25) is 0 Å². The Bertz CT molecular complexity index is 510. The van der Waals surface area contributed by atoms with Crippen LogP contribution in [-0.4, -0.2) is 20.9 Å². The second-order valence-electron chi connectivity index (χ2n) is 3.77. The number of benzene rings is 1. The maximum absolute atomic E-state index is 11.4. The van der Waals surface area contributed by atoms with Gasteiger partial charge in [0.15, 0.2) is 5.82 Å². The fraction of sp³-hybridized carbons (Fsp3) is 0.250. The lowest BCUT2D eigenvalue weighted by Crippen LogP contribution is -2.25. The zero-order valence-corrected chi connectivity index (χ0v) is 10.0. The van der Waals surface area contributed by atoms with Crippen molar-refractivity contribution in [2.45, 2.75) is 13.2 Å². The molecule has 0 aliphatic rings. The van der Waals surface area contributed by atoms with Crippen LogP contribution in [0.1, 0.15) is 11.4 Å². The number of aryl methyl sites for hydroxylation is 1. The summed E-state index contributed by atoms with van der Waals surface area (Å²) in [6, 6.07) is 9.51. The predicted octanol–water partition coefficient (Wildman–Crippen LogP) is 1.24. The Morgan fingerprint density at radius 3 is 2.83 bits per heavy atom. The van der Waals surface area contributed by atoms with E-state index in [1.54, 1.807) is 10.9 Å². The van der Waals surface area contributed by atoms with E-state index in [4.69, 9.17) is 4.74 Å². The number of amides is 1. The lowest BCUT2D eigenvalue weighted by atomic mass is 10.2. The SMILES string of the molecule is Cn1cnnc1CNC(=O)OCc1ccccc1. The normalized spacial score (nSPS) is 10.1.